The Hall–Kier alpha value is -1.18. The van der Waals surface area contributed by atoms with Gasteiger partial charge in [0.2, 0.25) is 10.0 Å². The van der Waals surface area contributed by atoms with Crippen LogP contribution in [0.3, 0.4) is 0 Å². The van der Waals surface area contributed by atoms with Crippen LogP contribution in [0.1, 0.15) is 38.1 Å². The van der Waals surface area contributed by atoms with Gasteiger partial charge in [0.1, 0.15) is 11.9 Å². The van der Waals surface area contributed by atoms with Crippen molar-refractivity contribution < 1.29 is 13.2 Å². The van der Waals surface area contributed by atoms with Crippen LogP contribution in [0.2, 0.25) is 0 Å². The van der Waals surface area contributed by atoms with Crippen LogP contribution in [0.4, 0.5) is 0 Å². The maximum atomic E-state index is 12.1. The molecule has 0 bridgehead atoms. The molecule has 21 heavy (non-hydrogen) atoms. The molecule has 1 aliphatic heterocycles. The van der Waals surface area contributed by atoms with Crippen molar-refractivity contribution in [2.45, 2.75) is 44.9 Å². The number of hydrogen-bond donors (Lipinski definition) is 1. The molecule has 0 unspecified atom stereocenters. The van der Waals surface area contributed by atoms with Gasteiger partial charge in [0, 0.05) is 25.5 Å². The van der Waals surface area contributed by atoms with Crippen LogP contribution >= 0.6 is 0 Å². The molecular weight excluding hydrogens is 290 g/mol. The molecule has 7 heteroatoms. The summed E-state index contributed by atoms with van der Waals surface area (Å²) in [5.74, 6) is 0.843. The number of nitrogens with one attached hydrogen (secondary N) is 1. The van der Waals surface area contributed by atoms with Gasteiger partial charge in [-0.3, -0.25) is 0 Å². The average molecular weight is 313 g/mol. The van der Waals surface area contributed by atoms with Gasteiger partial charge in [-0.25, -0.2) is 18.1 Å². The van der Waals surface area contributed by atoms with E-state index in [0.717, 1.165) is 25.2 Å². The summed E-state index contributed by atoms with van der Waals surface area (Å²) in [5.41, 5.74) is 0. The first-order valence-corrected chi connectivity index (χ1v) is 8.96. The minimum absolute atomic E-state index is 0.0575. The summed E-state index contributed by atoms with van der Waals surface area (Å²) < 4.78 is 34.7. The number of hydrogen-bond acceptors (Lipinski definition) is 4. The summed E-state index contributed by atoms with van der Waals surface area (Å²) in [6.45, 7) is 7.00. The number of aromatic nitrogens is 2. The summed E-state index contributed by atoms with van der Waals surface area (Å²) in [6.07, 6.45) is 6.94. The minimum Gasteiger partial charge on any atom is -0.369 e. The Morgan fingerprint density at radius 2 is 2.43 bits per heavy atom. The number of imidazole rings is 1. The lowest BCUT2D eigenvalue weighted by molar-refractivity contribution is -0.0116. The summed E-state index contributed by atoms with van der Waals surface area (Å²) in [5, 5.41) is 0. The fourth-order valence-corrected chi connectivity index (χ4v) is 3.83. The van der Waals surface area contributed by atoms with E-state index in [0.29, 0.717) is 13.0 Å². The van der Waals surface area contributed by atoms with Crippen molar-refractivity contribution in [2.75, 3.05) is 12.4 Å². The minimum atomic E-state index is -3.33. The molecule has 0 amide bonds. The molecule has 6 nitrogen and oxygen atoms in total. The fourth-order valence-electron chi connectivity index (χ4n) is 2.53. The average Bonchev–Trinajstić information content (AvgIpc) is 2.93. The quantitative estimate of drug-likeness (QED) is 0.776. The Morgan fingerprint density at radius 1 is 1.62 bits per heavy atom. The molecule has 1 N–H and O–H groups in total. The molecule has 1 fully saturated rings. The summed E-state index contributed by atoms with van der Waals surface area (Å²) in [7, 11) is -3.33. The van der Waals surface area contributed by atoms with Gasteiger partial charge in [-0.2, -0.15) is 0 Å². The zero-order chi connectivity index (χ0) is 15.3. The van der Waals surface area contributed by atoms with Crippen LogP contribution in [-0.2, 0) is 21.3 Å². The second-order valence-electron chi connectivity index (χ2n) is 5.13. The highest BCUT2D eigenvalue weighted by Crippen LogP contribution is 2.28. The molecule has 0 radical (unpaired) electrons. The first-order valence-electron chi connectivity index (χ1n) is 7.31. The van der Waals surface area contributed by atoms with Crippen molar-refractivity contribution in [3.05, 3.63) is 30.9 Å². The second-order valence-corrected chi connectivity index (χ2v) is 7.00. The molecule has 1 saturated heterocycles. The SMILES string of the molecule is C=CCCS(=O)(=O)N[C@@H]1CCCO[C@H]1c1nccn1CC. The van der Waals surface area contributed by atoms with E-state index >= 15 is 0 Å². The predicted octanol–water partition coefficient (Wildman–Crippen LogP) is 1.62. The summed E-state index contributed by atoms with van der Waals surface area (Å²) in [6, 6.07) is -0.263. The van der Waals surface area contributed by atoms with Crippen molar-refractivity contribution in [1.82, 2.24) is 14.3 Å². The van der Waals surface area contributed by atoms with Gasteiger partial charge >= 0.3 is 0 Å². The molecule has 2 heterocycles. The lowest BCUT2D eigenvalue weighted by atomic mass is 10.0. The molecule has 1 aromatic heterocycles. The van der Waals surface area contributed by atoms with Gasteiger partial charge in [0.15, 0.2) is 0 Å². The number of ether oxygens (including phenoxy) is 1. The van der Waals surface area contributed by atoms with Gasteiger partial charge in [0.05, 0.1) is 11.8 Å². The van der Waals surface area contributed by atoms with Crippen LogP contribution in [-0.4, -0.2) is 36.4 Å². The Labute approximate surface area is 126 Å². The lowest BCUT2D eigenvalue weighted by Crippen LogP contribution is -2.44. The monoisotopic (exact) mass is 313 g/mol. The Morgan fingerprint density at radius 3 is 3.14 bits per heavy atom. The molecular formula is C14H23N3O3S. The highest BCUT2D eigenvalue weighted by Gasteiger charge is 2.33. The topological polar surface area (TPSA) is 73.2 Å². The number of sulfonamides is 1. The maximum absolute atomic E-state index is 12.1. The van der Waals surface area contributed by atoms with Gasteiger partial charge in [-0.15, -0.1) is 6.58 Å². The van der Waals surface area contributed by atoms with Gasteiger partial charge in [-0.05, 0) is 26.2 Å². The molecule has 1 aliphatic rings. The second kappa shape index (κ2) is 7.20. The molecule has 0 aromatic carbocycles. The van der Waals surface area contributed by atoms with E-state index in [1.54, 1.807) is 12.3 Å². The van der Waals surface area contributed by atoms with E-state index in [1.807, 2.05) is 17.7 Å². The van der Waals surface area contributed by atoms with Gasteiger partial charge in [0.25, 0.3) is 0 Å². The zero-order valence-corrected chi connectivity index (χ0v) is 13.2. The van der Waals surface area contributed by atoms with Gasteiger partial charge in [-0.1, -0.05) is 6.08 Å². The Balaban J connectivity index is 2.14. The molecule has 2 rings (SSSR count). The van der Waals surface area contributed by atoms with Crippen LogP contribution in [0.25, 0.3) is 0 Å². The zero-order valence-electron chi connectivity index (χ0n) is 12.4. The summed E-state index contributed by atoms with van der Waals surface area (Å²) in [4.78, 5) is 4.34. The summed E-state index contributed by atoms with van der Waals surface area (Å²) >= 11 is 0. The third-order valence-corrected chi connectivity index (χ3v) is 5.02. The Bertz CT molecular complexity index is 568. The van der Waals surface area contributed by atoms with Crippen LogP contribution < -0.4 is 4.72 Å². The first kappa shape index (κ1) is 16.2. The van der Waals surface area contributed by atoms with E-state index in [1.165, 1.54) is 0 Å². The number of rotatable bonds is 7. The fraction of sp³-hybridized carbons (Fsp3) is 0.643. The Kier molecular flexibility index (Phi) is 5.55. The molecule has 0 spiro atoms. The molecule has 118 valence electrons. The smallest absolute Gasteiger partial charge is 0.212 e. The van der Waals surface area contributed by atoms with Crippen molar-refractivity contribution in [2.24, 2.45) is 0 Å². The highest BCUT2D eigenvalue weighted by molar-refractivity contribution is 7.89. The first-order chi connectivity index (χ1) is 10.1. The number of allylic oxidation sites excluding steroid dienone is 1. The molecule has 1 aromatic rings. The van der Waals surface area contributed by atoms with E-state index in [4.69, 9.17) is 4.74 Å². The highest BCUT2D eigenvalue weighted by atomic mass is 32.2. The van der Waals surface area contributed by atoms with E-state index in [9.17, 15) is 8.42 Å². The van der Waals surface area contributed by atoms with Crippen LogP contribution in [0.5, 0.6) is 0 Å². The molecule has 2 atom stereocenters. The van der Waals surface area contributed by atoms with E-state index in [-0.39, 0.29) is 17.9 Å². The van der Waals surface area contributed by atoms with Crippen molar-refractivity contribution in [3.8, 4) is 0 Å². The van der Waals surface area contributed by atoms with Crippen LogP contribution in [0, 0.1) is 0 Å². The normalized spacial score (nSPS) is 23.1. The largest absolute Gasteiger partial charge is 0.369 e. The predicted molar refractivity (Wildman–Crippen MR) is 81.4 cm³/mol. The molecule has 0 aliphatic carbocycles. The van der Waals surface area contributed by atoms with Crippen molar-refractivity contribution >= 4 is 10.0 Å². The third kappa shape index (κ3) is 4.15. The maximum Gasteiger partial charge on any atom is 0.212 e. The van der Waals surface area contributed by atoms with Crippen molar-refractivity contribution in [3.63, 3.8) is 0 Å². The van der Waals surface area contributed by atoms with Crippen molar-refractivity contribution in [1.29, 1.82) is 0 Å². The van der Waals surface area contributed by atoms with Crippen LogP contribution in [0.15, 0.2) is 25.0 Å². The number of aryl methyl sites for hydroxylation is 1. The van der Waals surface area contributed by atoms with E-state index in [2.05, 4.69) is 16.3 Å². The standard InChI is InChI=1S/C14H23N3O3S/c1-3-5-11-21(18,19)16-12-7-6-10-20-13(12)14-15-8-9-17(14)4-2/h3,8-9,12-13,16H,1,4-7,10-11H2,2H3/t12-,13-/m1/s1. The molecule has 0 saturated carbocycles. The van der Waals surface area contributed by atoms with E-state index < -0.39 is 10.0 Å². The number of nitrogens with zero attached hydrogens (tertiary/aromatic N) is 2. The lowest BCUT2D eigenvalue weighted by Gasteiger charge is -2.31. The van der Waals surface area contributed by atoms with Gasteiger partial charge < -0.3 is 9.30 Å². The third-order valence-electron chi connectivity index (χ3n) is 3.59.